The number of aryl methyl sites for hydroxylation is 1. The summed E-state index contributed by atoms with van der Waals surface area (Å²) >= 11 is 5.97. The van der Waals surface area contributed by atoms with Crippen molar-refractivity contribution in [1.29, 1.82) is 0 Å². The fraction of sp³-hybridized carbons (Fsp3) is 0.286. The van der Waals surface area contributed by atoms with Crippen LogP contribution in [0, 0.1) is 6.92 Å². The number of anilines is 1. The van der Waals surface area contributed by atoms with Gasteiger partial charge in [0.05, 0.1) is 10.6 Å². The molecule has 7 nitrogen and oxygen atoms in total. The zero-order valence-electron chi connectivity index (χ0n) is 21.2. The number of amides is 2. The fourth-order valence-electron chi connectivity index (χ4n) is 3.73. The van der Waals surface area contributed by atoms with Gasteiger partial charge in [0, 0.05) is 18.1 Å². The maximum absolute atomic E-state index is 13.8. The number of halogens is 1. The molecule has 0 heterocycles. The molecule has 0 saturated carbocycles. The number of carbonyl (C=O) groups excluding carboxylic acids is 2. The summed E-state index contributed by atoms with van der Waals surface area (Å²) in [5, 5.41) is 3.23. The molecule has 3 rings (SSSR count). The maximum atomic E-state index is 13.8. The number of nitrogens with zero attached hydrogens (tertiary/aromatic N) is 2. The SMILES string of the molecule is CCCNC(=O)[C@H](C)N(Cc1ccccc1)C(=O)CN(c1ccc(C)cc1)S(=O)(=O)c1ccc(Cl)cc1. The minimum absolute atomic E-state index is 0.00798. The summed E-state index contributed by atoms with van der Waals surface area (Å²) in [5.74, 6) is -0.797. The normalized spacial score (nSPS) is 12.0. The van der Waals surface area contributed by atoms with Crippen LogP contribution in [0.5, 0.6) is 0 Å². The Morgan fingerprint density at radius 1 is 0.946 bits per heavy atom. The summed E-state index contributed by atoms with van der Waals surface area (Å²) in [7, 11) is -4.12. The first-order valence-corrected chi connectivity index (χ1v) is 13.9. The van der Waals surface area contributed by atoms with Crippen LogP contribution in [0.15, 0.2) is 83.8 Å². The molecule has 0 bridgehead atoms. The molecule has 3 aromatic carbocycles. The number of rotatable bonds is 11. The van der Waals surface area contributed by atoms with E-state index in [4.69, 9.17) is 11.6 Å². The first kappa shape index (κ1) is 28.2. The molecule has 0 aromatic heterocycles. The highest BCUT2D eigenvalue weighted by atomic mass is 35.5. The van der Waals surface area contributed by atoms with Crippen LogP contribution in [0.2, 0.25) is 5.02 Å². The Morgan fingerprint density at radius 2 is 1.57 bits per heavy atom. The first-order valence-electron chi connectivity index (χ1n) is 12.1. The zero-order chi connectivity index (χ0) is 27.0. The van der Waals surface area contributed by atoms with E-state index in [0.29, 0.717) is 17.3 Å². The molecule has 0 radical (unpaired) electrons. The number of benzene rings is 3. The number of hydrogen-bond acceptors (Lipinski definition) is 4. The Morgan fingerprint density at radius 3 is 2.16 bits per heavy atom. The van der Waals surface area contributed by atoms with E-state index >= 15 is 0 Å². The van der Waals surface area contributed by atoms with E-state index in [-0.39, 0.29) is 17.3 Å². The van der Waals surface area contributed by atoms with Gasteiger partial charge in [0.2, 0.25) is 11.8 Å². The lowest BCUT2D eigenvalue weighted by Gasteiger charge is -2.32. The van der Waals surface area contributed by atoms with Gasteiger partial charge in [0.1, 0.15) is 12.6 Å². The summed E-state index contributed by atoms with van der Waals surface area (Å²) in [6.45, 7) is 5.64. The zero-order valence-corrected chi connectivity index (χ0v) is 22.8. The summed E-state index contributed by atoms with van der Waals surface area (Å²) in [4.78, 5) is 28.0. The maximum Gasteiger partial charge on any atom is 0.264 e. The molecule has 2 amide bonds. The largest absolute Gasteiger partial charge is 0.354 e. The Bertz CT molecular complexity index is 1300. The molecule has 9 heteroatoms. The summed E-state index contributed by atoms with van der Waals surface area (Å²) < 4.78 is 28.5. The van der Waals surface area contributed by atoms with Gasteiger partial charge < -0.3 is 10.2 Å². The van der Waals surface area contributed by atoms with Gasteiger partial charge in [-0.05, 0) is 62.2 Å². The van der Waals surface area contributed by atoms with Crippen molar-refractivity contribution in [3.63, 3.8) is 0 Å². The smallest absolute Gasteiger partial charge is 0.264 e. The molecule has 0 aliphatic heterocycles. The van der Waals surface area contributed by atoms with Gasteiger partial charge in [0.25, 0.3) is 10.0 Å². The van der Waals surface area contributed by atoms with Crippen molar-refractivity contribution in [2.45, 2.75) is 44.7 Å². The Labute approximate surface area is 224 Å². The lowest BCUT2D eigenvalue weighted by atomic mass is 10.1. The van der Waals surface area contributed by atoms with Crippen molar-refractivity contribution in [2.24, 2.45) is 0 Å². The predicted molar refractivity (Wildman–Crippen MR) is 147 cm³/mol. The van der Waals surface area contributed by atoms with E-state index in [1.807, 2.05) is 44.2 Å². The molecule has 0 aliphatic carbocycles. The van der Waals surface area contributed by atoms with Crippen LogP contribution in [0.3, 0.4) is 0 Å². The third kappa shape index (κ3) is 7.33. The highest BCUT2D eigenvalue weighted by Crippen LogP contribution is 2.26. The minimum Gasteiger partial charge on any atom is -0.354 e. The van der Waals surface area contributed by atoms with Crippen LogP contribution in [0.25, 0.3) is 0 Å². The Balaban J connectivity index is 1.99. The van der Waals surface area contributed by atoms with Crippen LogP contribution < -0.4 is 9.62 Å². The predicted octanol–water partition coefficient (Wildman–Crippen LogP) is 4.79. The van der Waals surface area contributed by atoms with Gasteiger partial charge in [-0.25, -0.2) is 8.42 Å². The number of hydrogen-bond donors (Lipinski definition) is 1. The van der Waals surface area contributed by atoms with Gasteiger partial charge in [0.15, 0.2) is 0 Å². The van der Waals surface area contributed by atoms with Crippen LogP contribution in [0.4, 0.5) is 5.69 Å². The first-order chi connectivity index (χ1) is 17.6. The summed E-state index contributed by atoms with van der Waals surface area (Å²) in [5.41, 5.74) is 2.12. The van der Waals surface area contributed by atoms with Gasteiger partial charge in [-0.3, -0.25) is 13.9 Å². The van der Waals surface area contributed by atoms with Gasteiger partial charge in [-0.2, -0.15) is 0 Å². The van der Waals surface area contributed by atoms with Crippen molar-refractivity contribution in [3.05, 3.63) is 95.0 Å². The van der Waals surface area contributed by atoms with E-state index in [2.05, 4.69) is 5.32 Å². The van der Waals surface area contributed by atoms with Crippen molar-refractivity contribution in [2.75, 3.05) is 17.4 Å². The molecule has 1 atom stereocenters. The highest BCUT2D eigenvalue weighted by molar-refractivity contribution is 7.92. The number of sulfonamides is 1. The van der Waals surface area contributed by atoms with Crippen LogP contribution in [0.1, 0.15) is 31.4 Å². The molecule has 0 spiro atoms. The van der Waals surface area contributed by atoms with Crippen LogP contribution in [-0.2, 0) is 26.2 Å². The second-order valence-electron chi connectivity index (χ2n) is 8.78. The molecule has 3 aromatic rings. The van der Waals surface area contributed by atoms with E-state index in [1.165, 1.54) is 29.2 Å². The second kappa shape index (κ2) is 12.7. The van der Waals surface area contributed by atoms with Crippen molar-refractivity contribution in [1.82, 2.24) is 10.2 Å². The molecule has 1 N–H and O–H groups in total. The van der Waals surface area contributed by atoms with E-state index in [1.54, 1.807) is 31.2 Å². The van der Waals surface area contributed by atoms with Gasteiger partial charge >= 0.3 is 0 Å². The second-order valence-corrected chi connectivity index (χ2v) is 11.1. The van der Waals surface area contributed by atoms with E-state index < -0.39 is 28.5 Å². The fourth-order valence-corrected chi connectivity index (χ4v) is 5.27. The molecule has 196 valence electrons. The highest BCUT2D eigenvalue weighted by Gasteiger charge is 2.32. The van der Waals surface area contributed by atoms with Crippen LogP contribution in [-0.4, -0.2) is 44.3 Å². The minimum atomic E-state index is -4.12. The van der Waals surface area contributed by atoms with Crippen molar-refractivity contribution in [3.8, 4) is 0 Å². The lowest BCUT2D eigenvalue weighted by Crippen LogP contribution is -2.51. The van der Waals surface area contributed by atoms with Crippen molar-refractivity contribution >= 4 is 39.1 Å². The topological polar surface area (TPSA) is 86.8 Å². The number of carbonyl (C=O) groups is 2. The lowest BCUT2D eigenvalue weighted by molar-refractivity contribution is -0.139. The Hall–Kier alpha value is -3.36. The summed E-state index contributed by atoms with van der Waals surface area (Å²) in [6.07, 6.45) is 0.756. The molecule has 0 fully saturated rings. The third-order valence-electron chi connectivity index (χ3n) is 5.91. The monoisotopic (exact) mass is 541 g/mol. The van der Waals surface area contributed by atoms with E-state index in [9.17, 15) is 18.0 Å². The van der Waals surface area contributed by atoms with Gasteiger partial charge in [-0.1, -0.05) is 66.6 Å². The molecular weight excluding hydrogens is 510 g/mol. The van der Waals surface area contributed by atoms with Crippen molar-refractivity contribution < 1.29 is 18.0 Å². The average Bonchev–Trinajstić information content (AvgIpc) is 2.89. The molecule has 0 unspecified atom stereocenters. The standard InChI is InChI=1S/C28H32ClN3O4S/c1-4-18-30-28(34)22(3)31(19-23-8-6-5-7-9-23)27(33)20-32(25-14-10-21(2)11-15-25)37(35,36)26-16-12-24(29)13-17-26/h5-17,22H,4,18-20H2,1-3H3,(H,30,34)/t22-/m0/s1. The molecule has 37 heavy (non-hydrogen) atoms. The average molecular weight is 542 g/mol. The molecule has 0 saturated heterocycles. The third-order valence-corrected chi connectivity index (χ3v) is 7.95. The van der Waals surface area contributed by atoms with Crippen LogP contribution >= 0.6 is 11.6 Å². The Kier molecular flexibility index (Phi) is 9.72. The van der Waals surface area contributed by atoms with E-state index in [0.717, 1.165) is 21.9 Å². The molecule has 0 aliphatic rings. The quantitative estimate of drug-likeness (QED) is 0.378. The summed E-state index contributed by atoms with van der Waals surface area (Å²) in [6, 6.07) is 21.2. The van der Waals surface area contributed by atoms with Gasteiger partial charge in [-0.15, -0.1) is 0 Å². The molecular formula is C28H32ClN3O4S. The number of nitrogens with one attached hydrogen (secondary N) is 1.